The van der Waals surface area contributed by atoms with Gasteiger partial charge in [0.15, 0.2) is 5.82 Å². The van der Waals surface area contributed by atoms with Gasteiger partial charge in [-0.15, -0.1) is 0 Å². The minimum Gasteiger partial charge on any atom is -0.480 e. The number of carboxylic acid groups (broad SMARTS) is 1. The Hall–Kier alpha value is -1.57. The van der Waals surface area contributed by atoms with Gasteiger partial charge in [-0.05, 0) is 12.2 Å². The van der Waals surface area contributed by atoms with Crippen molar-refractivity contribution < 1.29 is 19.2 Å². The number of aliphatic carboxylic acids is 1. The van der Waals surface area contributed by atoms with Gasteiger partial charge in [-0.25, -0.2) is 4.79 Å². The van der Waals surface area contributed by atoms with Crippen molar-refractivity contribution in [1.82, 2.24) is 15.5 Å². The molecule has 8 heteroatoms. The second-order valence-corrected chi connectivity index (χ2v) is 6.80. The van der Waals surface area contributed by atoms with Crippen LogP contribution in [0.25, 0.3) is 0 Å². The Morgan fingerprint density at radius 1 is 1.43 bits per heavy atom. The highest BCUT2D eigenvalue weighted by Gasteiger charge is 2.21. The van der Waals surface area contributed by atoms with E-state index in [1.54, 1.807) is 0 Å². The molecular weight excluding hydrogens is 294 g/mol. The Morgan fingerprint density at radius 3 is 2.57 bits per heavy atom. The van der Waals surface area contributed by atoms with Crippen LogP contribution in [0.15, 0.2) is 4.52 Å². The molecule has 1 amide bonds. The number of nitrogens with one attached hydrogen (secondary N) is 1. The zero-order valence-electron chi connectivity index (χ0n) is 12.7. The second kappa shape index (κ2) is 7.44. The van der Waals surface area contributed by atoms with Crippen molar-refractivity contribution in [3.8, 4) is 0 Å². The number of carbonyl (C=O) groups excluding carboxylic acids is 1. The van der Waals surface area contributed by atoms with Crippen molar-refractivity contribution in [3.05, 3.63) is 11.7 Å². The topological polar surface area (TPSA) is 105 Å². The lowest BCUT2D eigenvalue weighted by molar-refractivity contribution is -0.141. The highest BCUT2D eigenvalue weighted by Crippen LogP contribution is 2.20. The summed E-state index contributed by atoms with van der Waals surface area (Å²) in [4.78, 5) is 26.1. The van der Waals surface area contributed by atoms with E-state index in [9.17, 15) is 9.59 Å². The predicted octanol–water partition coefficient (Wildman–Crippen LogP) is 1.58. The van der Waals surface area contributed by atoms with E-state index in [1.807, 2.05) is 20.8 Å². The number of hydrogen-bond donors (Lipinski definition) is 2. The Balaban J connectivity index is 2.38. The largest absolute Gasteiger partial charge is 0.480 e. The lowest BCUT2D eigenvalue weighted by Crippen LogP contribution is -2.39. The van der Waals surface area contributed by atoms with E-state index in [4.69, 9.17) is 9.63 Å². The Bertz CT molecular complexity index is 496. The van der Waals surface area contributed by atoms with Gasteiger partial charge in [0.25, 0.3) is 0 Å². The fourth-order valence-corrected chi connectivity index (χ4v) is 2.32. The van der Waals surface area contributed by atoms with Crippen LogP contribution < -0.4 is 5.32 Å². The lowest BCUT2D eigenvalue weighted by Gasteiger charge is -2.12. The summed E-state index contributed by atoms with van der Waals surface area (Å²) in [5, 5.41) is 15.3. The average molecular weight is 315 g/mol. The van der Waals surface area contributed by atoms with Gasteiger partial charge in [-0.2, -0.15) is 16.7 Å². The molecule has 7 nitrogen and oxygen atoms in total. The van der Waals surface area contributed by atoms with Crippen LogP contribution in [0.4, 0.5) is 0 Å². The average Bonchev–Trinajstić information content (AvgIpc) is 2.80. The van der Waals surface area contributed by atoms with Gasteiger partial charge in [-0.1, -0.05) is 25.9 Å². The van der Waals surface area contributed by atoms with Crippen LogP contribution >= 0.6 is 11.8 Å². The van der Waals surface area contributed by atoms with E-state index >= 15 is 0 Å². The molecule has 1 atom stereocenters. The third-order valence-corrected chi connectivity index (χ3v) is 3.57. The monoisotopic (exact) mass is 315 g/mol. The van der Waals surface area contributed by atoms with Crippen LogP contribution in [0.5, 0.6) is 0 Å². The molecule has 0 aliphatic rings. The Labute approximate surface area is 127 Å². The first kappa shape index (κ1) is 17.5. The van der Waals surface area contributed by atoms with E-state index in [2.05, 4.69) is 15.5 Å². The van der Waals surface area contributed by atoms with Gasteiger partial charge in [0.1, 0.15) is 6.04 Å². The quantitative estimate of drug-likeness (QED) is 0.736. The predicted molar refractivity (Wildman–Crippen MR) is 79.0 cm³/mol. The van der Waals surface area contributed by atoms with E-state index < -0.39 is 12.0 Å². The van der Waals surface area contributed by atoms with Crippen LogP contribution in [-0.4, -0.2) is 38.9 Å². The molecule has 1 rings (SSSR count). The number of thioether (sulfide) groups is 1. The third-order valence-electron chi connectivity index (χ3n) is 2.59. The van der Waals surface area contributed by atoms with Gasteiger partial charge < -0.3 is 14.9 Å². The molecule has 118 valence electrons. The highest BCUT2D eigenvalue weighted by molar-refractivity contribution is 7.98. The molecule has 1 unspecified atom stereocenters. The molecule has 0 radical (unpaired) electrons. The maximum Gasteiger partial charge on any atom is 0.326 e. The SMILES string of the molecule is CC(=O)NC(CCSCc1nc(C(C)(C)C)no1)C(=O)O. The van der Waals surface area contributed by atoms with E-state index in [0.717, 1.165) is 0 Å². The Morgan fingerprint density at radius 2 is 2.10 bits per heavy atom. The number of nitrogens with zero attached hydrogens (tertiary/aromatic N) is 2. The molecule has 1 aromatic rings. The van der Waals surface area contributed by atoms with Crippen LogP contribution in [-0.2, 0) is 20.8 Å². The number of carboxylic acids is 1. The molecule has 1 heterocycles. The number of amides is 1. The van der Waals surface area contributed by atoms with Crippen LogP contribution in [0, 0.1) is 0 Å². The molecule has 1 aromatic heterocycles. The van der Waals surface area contributed by atoms with E-state index in [-0.39, 0.29) is 11.3 Å². The number of carbonyl (C=O) groups is 2. The van der Waals surface area contributed by atoms with Crippen LogP contribution in [0.3, 0.4) is 0 Å². The summed E-state index contributed by atoms with van der Waals surface area (Å²) in [6.45, 7) is 7.30. The summed E-state index contributed by atoms with van der Waals surface area (Å²) in [6, 6.07) is -0.858. The summed E-state index contributed by atoms with van der Waals surface area (Å²) in [6.07, 6.45) is 0.347. The highest BCUT2D eigenvalue weighted by atomic mass is 32.2. The minimum atomic E-state index is -1.03. The normalized spacial score (nSPS) is 13.0. The van der Waals surface area contributed by atoms with Gasteiger partial charge in [0.2, 0.25) is 11.8 Å². The van der Waals surface area contributed by atoms with Crippen LogP contribution in [0.2, 0.25) is 0 Å². The Kier molecular flexibility index (Phi) is 6.19. The van der Waals surface area contributed by atoms with Gasteiger partial charge in [0, 0.05) is 12.3 Å². The number of hydrogen-bond acceptors (Lipinski definition) is 6. The first-order chi connectivity index (χ1) is 9.70. The second-order valence-electron chi connectivity index (χ2n) is 5.69. The smallest absolute Gasteiger partial charge is 0.326 e. The molecule has 21 heavy (non-hydrogen) atoms. The first-order valence-electron chi connectivity index (χ1n) is 6.61. The van der Waals surface area contributed by atoms with E-state index in [1.165, 1.54) is 18.7 Å². The zero-order chi connectivity index (χ0) is 16.0. The standard InChI is InChI=1S/C13H21N3O4S/c1-8(17)14-9(11(18)19)5-6-21-7-10-15-12(16-20-10)13(2,3)4/h9H,5-7H2,1-4H3,(H,14,17)(H,18,19). The molecule has 2 N–H and O–H groups in total. The van der Waals surface area contributed by atoms with Gasteiger partial charge in [0.05, 0.1) is 5.75 Å². The summed E-state index contributed by atoms with van der Waals surface area (Å²) >= 11 is 1.49. The van der Waals surface area contributed by atoms with Gasteiger partial charge in [-0.3, -0.25) is 4.79 Å². The number of rotatable bonds is 7. The third kappa shape index (κ3) is 6.16. The van der Waals surface area contributed by atoms with Crippen molar-refractivity contribution in [2.45, 2.75) is 51.3 Å². The fraction of sp³-hybridized carbons (Fsp3) is 0.692. The molecule has 0 fully saturated rings. The molecule has 0 aromatic carbocycles. The molecule has 0 saturated heterocycles. The van der Waals surface area contributed by atoms with E-state index in [0.29, 0.717) is 29.6 Å². The molecule has 0 bridgehead atoms. The number of aromatic nitrogens is 2. The van der Waals surface area contributed by atoms with Crippen molar-refractivity contribution in [2.75, 3.05) is 5.75 Å². The summed E-state index contributed by atoms with van der Waals surface area (Å²) in [5.41, 5.74) is -0.160. The van der Waals surface area contributed by atoms with Gasteiger partial charge >= 0.3 is 5.97 Å². The van der Waals surface area contributed by atoms with Crippen molar-refractivity contribution in [2.24, 2.45) is 0 Å². The van der Waals surface area contributed by atoms with Crippen LogP contribution in [0.1, 0.15) is 45.8 Å². The summed E-state index contributed by atoms with van der Waals surface area (Å²) < 4.78 is 5.14. The maximum atomic E-state index is 10.9. The maximum absolute atomic E-state index is 10.9. The molecule has 0 aliphatic heterocycles. The van der Waals surface area contributed by atoms with Crippen molar-refractivity contribution >= 4 is 23.6 Å². The molecule has 0 spiro atoms. The molecular formula is C13H21N3O4S. The lowest BCUT2D eigenvalue weighted by atomic mass is 9.96. The molecule has 0 saturated carbocycles. The molecule has 0 aliphatic carbocycles. The summed E-state index contributed by atoms with van der Waals surface area (Å²) in [5.74, 6) is 0.897. The van der Waals surface area contributed by atoms with Crippen molar-refractivity contribution in [1.29, 1.82) is 0 Å². The first-order valence-corrected chi connectivity index (χ1v) is 7.76. The summed E-state index contributed by atoms with van der Waals surface area (Å²) in [7, 11) is 0. The van der Waals surface area contributed by atoms with Crippen molar-refractivity contribution in [3.63, 3.8) is 0 Å². The minimum absolute atomic E-state index is 0.160. The fourth-order valence-electron chi connectivity index (χ4n) is 1.48. The zero-order valence-corrected chi connectivity index (χ0v) is 13.5.